The van der Waals surface area contributed by atoms with Gasteiger partial charge in [-0.2, -0.15) is 5.10 Å². The summed E-state index contributed by atoms with van der Waals surface area (Å²) in [6.45, 7) is 0. The largest absolute Gasteiger partial charge is 0.288 e. The van der Waals surface area contributed by atoms with E-state index in [1.54, 1.807) is 24.3 Å². The molecule has 0 spiro atoms. The fourth-order valence-corrected chi connectivity index (χ4v) is 3.26. The monoisotopic (exact) mass is 447 g/mol. The Hall–Kier alpha value is -3.58. The minimum Gasteiger partial charge on any atom is -0.288 e. The van der Waals surface area contributed by atoms with E-state index in [4.69, 9.17) is 0 Å². The zero-order valence-corrected chi connectivity index (χ0v) is 16.6. The third-order valence-corrected chi connectivity index (χ3v) is 4.94. The summed E-state index contributed by atoms with van der Waals surface area (Å²) < 4.78 is 2.52. The highest BCUT2D eigenvalue weighted by molar-refractivity contribution is 9.10. The van der Waals surface area contributed by atoms with Gasteiger partial charge in [0.05, 0.1) is 16.3 Å². The summed E-state index contributed by atoms with van der Waals surface area (Å²) >= 11 is 3.41. The van der Waals surface area contributed by atoms with E-state index in [2.05, 4.69) is 21.0 Å². The number of benzene rings is 2. The highest BCUT2D eigenvalue weighted by Gasteiger charge is 2.13. The maximum Gasteiger partial charge on any atom is 0.269 e. The summed E-state index contributed by atoms with van der Waals surface area (Å²) in [5.74, 6) is 0. The predicted molar refractivity (Wildman–Crippen MR) is 117 cm³/mol. The molecule has 7 heteroatoms. The Morgan fingerprint density at radius 1 is 0.931 bits per heavy atom. The van der Waals surface area contributed by atoms with Crippen molar-refractivity contribution in [3.05, 3.63) is 109 Å². The molecule has 0 aliphatic carbocycles. The fourth-order valence-electron chi connectivity index (χ4n) is 3.00. The molecule has 1 heterocycles. The van der Waals surface area contributed by atoms with E-state index in [0.29, 0.717) is 22.3 Å². The molecule has 6 nitrogen and oxygen atoms in total. The van der Waals surface area contributed by atoms with Crippen molar-refractivity contribution in [2.45, 2.75) is 0 Å². The van der Waals surface area contributed by atoms with Crippen LogP contribution in [-0.2, 0) is 0 Å². The lowest BCUT2D eigenvalue weighted by Gasteiger charge is -2.01. The van der Waals surface area contributed by atoms with E-state index in [0.717, 1.165) is 10.0 Å². The van der Waals surface area contributed by atoms with Crippen LogP contribution in [0.5, 0.6) is 0 Å². The molecular formula is C22H14BrN3O3. The molecular weight excluding hydrogens is 434 g/mol. The normalized spacial score (nSPS) is 11.2. The molecule has 1 aromatic heterocycles. The van der Waals surface area contributed by atoms with Crippen molar-refractivity contribution in [1.29, 1.82) is 0 Å². The number of nitrogens with zero attached hydrogens (tertiary/aromatic N) is 3. The van der Waals surface area contributed by atoms with E-state index >= 15 is 0 Å². The predicted octanol–water partition coefficient (Wildman–Crippen LogP) is 5.23. The zero-order valence-electron chi connectivity index (χ0n) is 15.0. The van der Waals surface area contributed by atoms with Crippen LogP contribution in [0.1, 0.15) is 11.3 Å². The summed E-state index contributed by atoms with van der Waals surface area (Å²) in [4.78, 5) is 23.1. The Labute approximate surface area is 174 Å². The lowest BCUT2D eigenvalue weighted by atomic mass is 10.2. The minimum atomic E-state index is -0.462. The van der Waals surface area contributed by atoms with E-state index < -0.39 is 4.92 Å². The first-order valence-corrected chi connectivity index (χ1v) is 9.53. The molecule has 0 saturated heterocycles. The summed E-state index contributed by atoms with van der Waals surface area (Å²) in [6, 6.07) is 20.6. The quantitative estimate of drug-likeness (QED) is 0.317. The molecule has 142 valence electrons. The number of hydrogen-bond donors (Lipinski definition) is 0. The number of nitro benzene ring substituents is 1. The summed E-state index contributed by atoms with van der Waals surface area (Å²) in [5, 5.41) is 16.2. The van der Waals surface area contributed by atoms with Crippen LogP contribution < -0.4 is 5.43 Å². The molecule has 4 aromatic rings. The standard InChI is InChI=1S/C22H14BrN3O3/c23-16-8-5-15(6-9-16)7-14-20-19-3-1-2-4-21(27)22(19)25(24-20)17-10-12-18(13-11-17)26(28)29/h1-14H/b14-7-. The second-order valence-electron chi connectivity index (χ2n) is 6.30. The van der Waals surface area contributed by atoms with Crippen LogP contribution in [0, 0.1) is 10.1 Å². The van der Waals surface area contributed by atoms with Gasteiger partial charge in [-0.25, -0.2) is 4.68 Å². The molecule has 4 rings (SSSR count). The van der Waals surface area contributed by atoms with Gasteiger partial charge in [0.15, 0.2) is 0 Å². The van der Waals surface area contributed by atoms with Crippen LogP contribution in [0.3, 0.4) is 0 Å². The summed E-state index contributed by atoms with van der Waals surface area (Å²) in [7, 11) is 0. The fraction of sp³-hybridized carbons (Fsp3) is 0. The van der Waals surface area contributed by atoms with Gasteiger partial charge in [-0.05, 0) is 42.0 Å². The number of aromatic nitrogens is 2. The molecule has 29 heavy (non-hydrogen) atoms. The highest BCUT2D eigenvalue weighted by Crippen LogP contribution is 2.23. The molecule has 0 atom stereocenters. The molecule has 0 bridgehead atoms. The van der Waals surface area contributed by atoms with Crippen LogP contribution in [0.2, 0.25) is 0 Å². The van der Waals surface area contributed by atoms with Gasteiger partial charge >= 0.3 is 0 Å². The van der Waals surface area contributed by atoms with Crippen molar-refractivity contribution in [2.24, 2.45) is 0 Å². The molecule has 0 amide bonds. The van der Waals surface area contributed by atoms with Gasteiger partial charge in [0.2, 0.25) is 5.43 Å². The third-order valence-electron chi connectivity index (χ3n) is 4.41. The number of halogens is 1. The van der Waals surface area contributed by atoms with E-state index in [1.807, 2.05) is 42.5 Å². The molecule has 0 unspecified atom stereocenters. The van der Waals surface area contributed by atoms with E-state index in [-0.39, 0.29) is 11.1 Å². The van der Waals surface area contributed by atoms with Crippen LogP contribution in [-0.4, -0.2) is 14.7 Å². The third kappa shape index (κ3) is 3.86. The zero-order chi connectivity index (χ0) is 20.4. The smallest absolute Gasteiger partial charge is 0.269 e. The van der Waals surface area contributed by atoms with Gasteiger partial charge in [-0.15, -0.1) is 0 Å². The first-order valence-electron chi connectivity index (χ1n) is 8.73. The topological polar surface area (TPSA) is 78.0 Å². The minimum absolute atomic E-state index is 0.0199. The number of non-ortho nitro benzene ring substituents is 1. The average Bonchev–Trinajstić information content (AvgIpc) is 2.98. The Bertz CT molecular complexity index is 1290. The number of rotatable bonds is 4. The Morgan fingerprint density at radius 3 is 2.31 bits per heavy atom. The van der Waals surface area contributed by atoms with E-state index in [1.165, 1.54) is 22.9 Å². The maximum atomic E-state index is 12.7. The van der Waals surface area contributed by atoms with Crippen LogP contribution >= 0.6 is 15.9 Å². The first-order chi connectivity index (χ1) is 14.0. The molecule has 0 aliphatic rings. The molecule has 0 aliphatic heterocycles. The van der Waals surface area contributed by atoms with Gasteiger partial charge < -0.3 is 0 Å². The SMILES string of the molecule is O=c1ccccc2c(/C=C\c3ccc(Br)cc3)nn(-c3ccc([N+](=O)[O-])cc3)c12. The average molecular weight is 448 g/mol. The molecule has 0 N–H and O–H groups in total. The second kappa shape index (κ2) is 7.81. The lowest BCUT2D eigenvalue weighted by Crippen LogP contribution is -2.05. The molecule has 3 aromatic carbocycles. The second-order valence-corrected chi connectivity index (χ2v) is 7.22. The number of fused-ring (bicyclic) bond motifs is 1. The van der Waals surface area contributed by atoms with Crippen molar-refractivity contribution in [1.82, 2.24) is 9.78 Å². The van der Waals surface area contributed by atoms with Crippen LogP contribution in [0.25, 0.3) is 28.7 Å². The Morgan fingerprint density at radius 2 is 1.62 bits per heavy atom. The van der Waals surface area contributed by atoms with Gasteiger partial charge in [-0.1, -0.05) is 52.3 Å². The Kier molecular flexibility index (Phi) is 5.05. The molecule has 0 radical (unpaired) electrons. The summed E-state index contributed by atoms with van der Waals surface area (Å²) in [6.07, 6.45) is 3.78. The first kappa shape index (κ1) is 18.8. The van der Waals surface area contributed by atoms with Gasteiger partial charge in [-0.3, -0.25) is 14.9 Å². The van der Waals surface area contributed by atoms with Crippen molar-refractivity contribution >= 4 is 44.7 Å². The van der Waals surface area contributed by atoms with Crippen molar-refractivity contribution < 1.29 is 4.92 Å². The number of hydrogen-bond acceptors (Lipinski definition) is 4. The van der Waals surface area contributed by atoms with Crippen LogP contribution in [0.4, 0.5) is 5.69 Å². The molecule has 0 saturated carbocycles. The summed E-state index contributed by atoms with van der Waals surface area (Å²) in [5.41, 5.74) is 2.42. The van der Waals surface area contributed by atoms with Gasteiger partial charge in [0.25, 0.3) is 5.69 Å². The lowest BCUT2D eigenvalue weighted by molar-refractivity contribution is -0.384. The van der Waals surface area contributed by atoms with Gasteiger partial charge in [0, 0.05) is 22.0 Å². The maximum absolute atomic E-state index is 12.7. The van der Waals surface area contributed by atoms with Gasteiger partial charge in [0.1, 0.15) is 5.52 Å². The highest BCUT2D eigenvalue weighted by atomic mass is 79.9. The Balaban J connectivity index is 1.87. The van der Waals surface area contributed by atoms with Crippen LogP contribution in [0.15, 0.2) is 82.1 Å². The van der Waals surface area contributed by atoms with Crippen molar-refractivity contribution in [2.75, 3.05) is 0 Å². The number of nitro groups is 1. The van der Waals surface area contributed by atoms with Crippen molar-refractivity contribution in [3.8, 4) is 5.69 Å². The van der Waals surface area contributed by atoms with Crippen molar-refractivity contribution in [3.63, 3.8) is 0 Å². The van der Waals surface area contributed by atoms with E-state index in [9.17, 15) is 14.9 Å². The molecule has 0 fully saturated rings.